The van der Waals surface area contributed by atoms with E-state index in [4.69, 9.17) is 21.3 Å². The number of hydrogen-bond donors (Lipinski definition) is 3. The predicted octanol–water partition coefficient (Wildman–Crippen LogP) is 7.05. The molecule has 0 spiro atoms. The molecule has 3 N–H and O–H groups in total. The molecule has 0 radical (unpaired) electrons. The Hall–Kier alpha value is -2.28. The Labute approximate surface area is 260 Å². The van der Waals surface area contributed by atoms with Gasteiger partial charge in [0.05, 0.1) is 17.1 Å². The molecule has 8 nitrogen and oxygen atoms in total. The van der Waals surface area contributed by atoms with Gasteiger partial charge in [0.15, 0.2) is 5.82 Å². The van der Waals surface area contributed by atoms with Crippen LogP contribution in [0.5, 0.6) is 5.88 Å². The number of nitrogens with one attached hydrogen (secondary N) is 3. The average molecular weight is 640 g/mol. The van der Waals surface area contributed by atoms with E-state index >= 15 is 0 Å². The molecule has 2 aromatic rings. The van der Waals surface area contributed by atoms with E-state index in [1.54, 1.807) is 24.4 Å². The van der Waals surface area contributed by atoms with Crippen molar-refractivity contribution in [2.24, 2.45) is 10.4 Å². The quantitative estimate of drug-likeness (QED) is 0.123. The zero-order valence-corrected chi connectivity index (χ0v) is 26.3. The second kappa shape index (κ2) is 13.4. The molecular formula is C30H41ClF3N7OS. The summed E-state index contributed by atoms with van der Waals surface area (Å²) in [5.41, 5.74) is -0.0649. The van der Waals surface area contributed by atoms with Crippen molar-refractivity contribution >= 4 is 34.3 Å². The fourth-order valence-electron chi connectivity index (χ4n) is 5.68. The van der Waals surface area contributed by atoms with Gasteiger partial charge in [-0.25, -0.2) is 9.67 Å². The lowest BCUT2D eigenvalue weighted by Gasteiger charge is -2.23. The Morgan fingerprint density at radius 2 is 2.05 bits per heavy atom. The molecule has 13 heteroatoms. The highest BCUT2D eigenvalue weighted by molar-refractivity contribution is 8.12. The summed E-state index contributed by atoms with van der Waals surface area (Å²) in [4.78, 5) is 9.32. The van der Waals surface area contributed by atoms with E-state index in [9.17, 15) is 13.2 Å². The molecule has 1 saturated carbocycles. The summed E-state index contributed by atoms with van der Waals surface area (Å²) < 4.78 is 49.6. The normalized spacial score (nSPS) is 22.7. The second-order valence-corrected chi connectivity index (χ2v) is 13.7. The van der Waals surface area contributed by atoms with Gasteiger partial charge in [-0.2, -0.15) is 13.2 Å². The fraction of sp³-hybridized carbons (Fsp3) is 0.633. The van der Waals surface area contributed by atoms with Gasteiger partial charge in [-0.05, 0) is 96.7 Å². The number of halogens is 4. The van der Waals surface area contributed by atoms with Crippen LogP contribution in [0.1, 0.15) is 83.6 Å². The topological polar surface area (TPSA) is 88.4 Å². The SMILES string of the molecule is C=C(NSC1=NC(NCCCC2CCC(C)(C)N2)CCC1)c1ccc(-n2ccc(OCCC3(C(F)(F)F)CC3)n2)nc1Cl. The Morgan fingerprint density at radius 3 is 2.74 bits per heavy atom. The summed E-state index contributed by atoms with van der Waals surface area (Å²) >= 11 is 7.95. The maximum atomic E-state index is 13.1. The van der Waals surface area contributed by atoms with E-state index in [-0.39, 0.29) is 48.6 Å². The van der Waals surface area contributed by atoms with Gasteiger partial charge in [0, 0.05) is 47.1 Å². The number of aromatic nitrogens is 3. The van der Waals surface area contributed by atoms with E-state index in [2.05, 4.69) is 45.9 Å². The van der Waals surface area contributed by atoms with Crippen LogP contribution < -0.4 is 20.1 Å². The molecular weight excluding hydrogens is 599 g/mol. The van der Waals surface area contributed by atoms with Crippen molar-refractivity contribution in [3.63, 3.8) is 0 Å². The minimum Gasteiger partial charge on any atom is -0.477 e. The molecule has 1 aliphatic carbocycles. The van der Waals surface area contributed by atoms with Crippen molar-refractivity contribution in [1.29, 1.82) is 0 Å². The molecule has 1 saturated heterocycles. The third-order valence-corrected chi connectivity index (χ3v) is 9.71. The van der Waals surface area contributed by atoms with Crippen LogP contribution in [0.15, 0.2) is 36.0 Å². The number of aliphatic imine (C=N–C) groups is 1. The number of alkyl halides is 3. The Kier molecular flexibility index (Phi) is 9.99. The first-order chi connectivity index (χ1) is 20.4. The molecule has 2 aliphatic heterocycles. The van der Waals surface area contributed by atoms with Gasteiger partial charge < -0.3 is 14.8 Å². The van der Waals surface area contributed by atoms with Crippen LogP contribution in [0.3, 0.4) is 0 Å². The molecule has 2 aromatic heterocycles. The number of ether oxygens (including phenoxy) is 1. The first kappa shape index (κ1) is 32.1. The van der Waals surface area contributed by atoms with Crippen molar-refractivity contribution in [2.45, 2.75) is 102 Å². The van der Waals surface area contributed by atoms with Gasteiger partial charge in [-0.1, -0.05) is 18.2 Å². The van der Waals surface area contributed by atoms with Crippen LogP contribution in [0, 0.1) is 5.41 Å². The van der Waals surface area contributed by atoms with Crippen LogP contribution in [0.25, 0.3) is 11.5 Å². The summed E-state index contributed by atoms with van der Waals surface area (Å²) in [6, 6.07) is 5.76. The van der Waals surface area contributed by atoms with E-state index in [0.717, 1.165) is 37.3 Å². The van der Waals surface area contributed by atoms with Crippen molar-refractivity contribution in [1.82, 2.24) is 30.1 Å². The zero-order valence-electron chi connectivity index (χ0n) is 24.8. The molecule has 0 amide bonds. The summed E-state index contributed by atoms with van der Waals surface area (Å²) in [5.74, 6) is 0.689. The summed E-state index contributed by atoms with van der Waals surface area (Å²) in [7, 11) is 0. The standard InChI is InChI=1S/C30H41ClF3N7OS/c1-20(40-43-26-8-4-7-23(36-26)35-17-5-6-21-11-13-28(2,3)38-21)22-9-10-24(37-27(22)31)41-18-12-25(39-41)42-19-16-29(14-15-29)30(32,33)34/h9-10,12,18,21,23,35,38,40H,1,4-8,11,13-17,19H2,2-3H3. The lowest BCUT2D eigenvalue weighted by atomic mass is 10.0. The van der Waals surface area contributed by atoms with Gasteiger partial charge in [0.2, 0.25) is 5.88 Å². The number of rotatable bonds is 13. The first-order valence-electron chi connectivity index (χ1n) is 15.1. The highest BCUT2D eigenvalue weighted by Crippen LogP contribution is 2.59. The summed E-state index contributed by atoms with van der Waals surface area (Å²) in [6.45, 7) is 9.58. The van der Waals surface area contributed by atoms with Crippen LogP contribution in [-0.2, 0) is 0 Å². The van der Waals surface area contributed by atoms with Crippen molar-refractivity contribution in [3.05, 3.63) is 41.7 Å². The summed E-state index contributed by atoms with van der Waals surface area (Å²) in [6.07, 6.45) is 5.64. The predicted molar refractivity (Wildman–Crippen MR) is 167 cm³/mol. The van der Waals surface area contributed by atoms with Gasteiger partial charge in [0.1, 0.15) is 11.3 Å². The second-order valence-electron chi connectivity index (χ2n) is 12.5. The third kappa shape index (κ3) is 8.46. The maximum absolute atomic E-state index is 13.1. The summed E-state index contributed by atoms with van der Waals surface area (Å²) in [5, 5.41) is 12.9. The molecule has 0 aromatic carbocycles. The average Bonchev–Trinajstić information content (AvgIpc) is 3.48. The molecule has 2 unspecified atom stereocenters. The van der Waals surface area contributed by atoms with Crippen LogP contribution in [0.4, 0.5) is 13.2 Å². The molecule has 0 bridgehead atoms. The maximum Gasteiger partial charge on any atom is 0.394 e. The van der Waals surface area contributed by atoms with Gasteiger partial charge in [0.25, 0.3) is 0 Å². The third-order valence-electron chi connectivity index (χ3n) is 8.53. The highest BCUT2D eigenvalue weighted by Gasteiger charge is 2.62. The van der Waals surface area contributed by atoms with Crippen LogP contribution >= 0.6 is 23.5 Å². The zero-order chi connectivity index (χ0) is 30.7. The highest BCUT2D eigenvalue weighted by atomic mass is 35.5. The van der Waals surface area contributed by atoms with Gasteiger partial charge in [-0.15, -0.1) is 5.10 Å². The van der Waals surface area contributed by atoms with Gasteiger partial charge in [-0.3, -0.25) is 10.3 Å². The lowest BCUT2D eigenvalue weighted by Crippen LogP contribution is -2.38. The monoisotopic (exact) mass is 639 g/mol. The number of nitrogens with zero attached hydrogens (tertiary/aromatic N) is 4. The minimum absolute atomic E-state index is 0.0499. The number of hydrogen-bond acceptors (Lipinski definition) is 8. The number of pyridine rings is 1. The Balaban J connectivity index is 1.06. The van der Waals surface area contributed by atoms with E-state index in [1.807, 2.05) is 0 Å². The Bertz CT molecular complexity index is 1310. The minimum atomic E-state index is -4.19. The lowest BCUT2D eigenvalue weighted by molar-refractivity contribution is -0.190. The molecule has 43 heavy (non-hydrogen) atoms. The van der Waals surface area contributed by atoms with Crippen molar-refractivity contribution in [2.75, 3.05) is 13.2 Å². The van der Waals surface area contributed by atoms with E-state index < -0.39 is 11.6 Å². The smallest absolute Gasteiger partial charge is 0.394 e. The van der Waals surface area contributed by atoms with Crippen molar-refractivity contribution < 1.29 is 17.9 Å². The molecule has 2 fully saturated rings. The van der Waals surface area contributed by atoms with Crippen LogP contribution in [0.2, 0.25) is 5.15 Å². The molecule has 2 atom stereocenters. The molecule has 5 rings (SSSR count). The Morgan fingerprint density at radius 1 is 1.23 bits per heavy atom. The molecule has 3 aliphatic rings. The molecule has 4 heterocycles. The van der Waals surface area contributed by atoms with Crippen LogP contribution in [-0.4, -0.2) is 56.9 Å². The fourth-order valence-corrected chi connectivity index (χ4v) is 6.72. The van der Waals surface area contributed by atoms with E-state index in [1.165, 1.54) is 35.9 Å². The van der Waals surface area contributed by atoms with Gasteiger partial charge >= 0.3 is 6.18 Å². The van der Waals surface area contributed by atoms with Crippen molar-refractivity contribution in [3.8, 4) is 11.7 Å². The largest absolute Gasteiger partial charge is 0.477 e. The molecule has 236 valence electrons. The van der Waals surface area contributed by atoms with E-state index in [0.29, 0.717) is 23.1 Å². The first-order valence-corrected chi connectivity index (χ1v) is 16.2.